The van der Waals surface area contributed by atoms with Crippen molar-refractivity contribution in [1.82, 2.24) is 0 Å². The van der Waals surface area contributed by atoms with Crippen molar-refractivity contribution in [3.8, 4) is 0 Å². The van der Waals surface area contributed by atoms with E-state index in [0.29, 0.717) is 10.9 Å². The summed E-state index contributed by atoms with van der Waals surface area (Å²) in [7, 11) is 0. The highest BCUT2D eigenvalue weighted by Crippen LogP contribution is 2.47. The van der Waals surface area contributed by atoms with Crippen LogP contribution < -0.4 is 0 Å². The highest BCUT2D eigenvalue weighted by molar-refractivity contribution is 7.17. The van der Waals surface area contributed by atoms with E-state index in [-0.39, 0.29) is 4.70 Å². The summed E-state index contributed by atoms with van der Waals surface area (Å²) in [4.78, 5) is 0. The molecule has 6 heteroatoms. The molecule has 17 heavy (non-hydrogen) atoms. The maximum absolute atomic E-state index is 13.3. The molecule has 0 fully saturated rings. The summed E-state index contributed by atoms with van der Waals surface area (Å²) in [6.45, 7) is 1.67. The molecule has 0 saturated carbocycles. The molecule has 0 aliphatic heterocycles. The number of hydrogen-bond acceptors (Lipinski definition) is 1. The van der Waals surface area contributed by atoms with Crippen molar-refractivity contribution in [1.29, 1.82) is 0 Å². The molecule has 0 aliphatic carbocycles. The number of halogens is 5. The van der Waals surface area contributed by atoms with Crippen LogP contribution in [0.25, 0.3) is 10.1 Å². The molecule has 0 aliphatic rings. The van der Waals surface area contributed by atoms with E-state index in [9.17, 15) is 22.0 Å². The number of hydrogen-bond donors (Lipinski definition) is 0. The topological polar surface area (TPSA) is 0 Å². The van der Waals surface area contributed by atoms with E-state index in [4.69, 9.17) is 0 Å². The first kappa shape index (κ1) is 12.3. The maximum atomic E-state index is 13.3. The molecule has 0 spiro atoms. The molecule has 1 aromatic carbocycles. The molecule has 0 saturated heterocycles. The average molecular weight is 266 g/mol. The van der Waals surface area contributed by atoms with Gasteiger partial charge in [0, 0.05) is 10.3 Å². The van der Waals surface area contributed by atoms with Gasteiger partial charge >= 0.3 is 12.1 Å². The Bertz CT molecular complexity index is 552. The second-order valence-corrected chi connectivity index (χ2v) is 4.55. The SMILES string of the molecule is Cc1csc2c(C(F)(F)C(F)(F)F)cccc12. The van der Waals surface area contributed by atoms with Gasteiger partial charge in [-0.3, -0.25) is 0 Å². The first-order valence-corrected chi connectivity index (χ1v) is 5.55. The zero-order chi connectivity index (χ0) is 12.8. The Balaban J connectivity index is 2.72. The van der Waals surface area contributed by atoms with Crippen molar-refractivity contribution < 1.29 is 22.0 Å². The van der Waals surface area contributed by atoms with E-state index in [1.54, 1.807) is 12.3 Å². The van der Waals surface area contributed by atoms with E-state index < -0.39 is 17.7 Å². The molecule has 0 unspecified atom stereocenters. The van der Waals surface area contributed by atoms with Gasteiger partial charge in [-0.1, -0.05) is 18.2 Å². The van der Waals surface area contributed by atoms with E-state index in [2.05, 4.69) is 0 Å². The number of aryl methyl sites for hydroxylation is 1. The largest absolute Gasteiger partial charge is 0.458 e. The summed E-state index contributed by atoms with van der Waals surface area (Å²) in [6.07, 6.45) is -5.57. The van der Waals surface area contributed by atoms with Gasteiger partial charge in [0.05, 0.1) is 0 Å². The van der Waals surface area contributed by atoms with Crippen LogP contribution in [-0.2, 0) is 5.92 Å². The van der Waals surface area contributed by atoms with E-state index >= 15 is 0 Å². The first-order chi connectivity index (χ1) is 7.75. The third-order valence-corrected chi connectivity index (χ3v) is 3.63. The van der Waals surface area contributed by atoms with Crippen molar-refractivity contribution in [2.45, 2.75) is 19.0 Å². The summed E-state index contributed by atoms with van der Waals surface area (Å²) in [6, 6.07) is 3.58. The molecule has 2 aromatic rings. The Kier molecular flexibility index (Phi) is 2.65. The Morgan fingerprint density at radius 1 is 1.06 bits per heavy atom. The molecule has 0 bridgehead atoms. The van der Waals surface area contributed by atoms with Gasteiger partial charge in [0.25, 0.3) is 0 Å². The fraction of sp³-hybridized carbons (Fsp3) is 0.273. The highest BCUT2D eigenvalue weighted by atomic mass is 32.1. The van der Waals surface area contributed by atoms with Gasteiger partial charge in [-0.25, -0.2) is 0 Å². The molecule has 92 valence electrons. The molecule has 0 radical (unpaired) electrons. The predicted octanol–water partition coefficient (Wildman–Crippen LogP) is 4.86. The number of thiophene rings is 1. The summed E-state index contributed by atoms with van der Waals surface area (Å²) in [5.74, 6) is -4.82. The smallest absolute Gasteiger partial charge is 0.191 e. The third kappa shape index (κ3) is 1.80. The van der Waals surface area contributed by atoms with Gasteiger partial charge in [0.15, 0.2) is 0 Å². The highest BCUT2D eigenvalue weighted by Gasteiger charge is 2.59. The number of alkyl halides is 5. The monoisotopic (exact) mass is 266 g/mol. The van der Waals surface area contributed by atoms with Crippen LogP contribution >= 0.6 is 11.3 Å². The van der Waals surface area contributed by atoms with Crippen LogP contribution in [0, 0.1) is 6.92 Å². The summed E-state index contributed by atoms with van der Waals surface area (Å²) in [5.41, 5.74) is -0.273. The van der Waals surface area contributed by atoms with Crippen molar-refractivity contribution in [3.05, 3.63) is 34.7 Å². The Morgan fingerprint density at radius 2 is 1.71 bits per heavy atom. The van der Waals surface area contributed by atoms with E-state index in [1.807, 2.05) is 0 Å². The van der Waals surface area contributed by atoms with Crippen LogP contribution in [0.3, 0.4) is 0 Å². The third-order valence-electron chi connectivity index (χ3n) is 2.49. The lowest BCUT2D eigenvalue weighted by molar-refractivity contribution is -0.288. The molecule has 0 amide bonds. The lowest BCUT2D eigenvalue weighted by Gasteiger charge is -2.20. The van der Waals surface area contributed by atoms with E-state index in [0.717, 1.165) is 17.4 Å². The lowest BCUT2D eigenvalue weighted by atomic mass is 10.0. The maximum Gasteiger partial charge on any atom is 0.458 e. The molecule has 0 nitrogen and oxygen atoms in total. The quantitative estimate of drug-likeness (QED) is 0.646. The van der Waals surface area contributed by atoms with E-state index in [1.165, 1.54) is 12.1 Å². The summed E-state index contributed by atoms with van der Waals surface area (Å²) in [5, 5.41) is 2.01. The van der Waals surface area contributed by atoms with Crippen molar-refractivity contribution in [3.63, 3.8) is 0 Å². The van der Waals surface area contributed by atoms with Crippen LogP contribution in [-0.4, -0.2) is 6.18 Å². The fourth-order valence-electron chi connectivity index (χ4n) is 1.59. The molecule has 0 N–H and O–H groups in total. The van der Waals surface area contributed by atoms with Gasteiger partial charge in [-0.15, -0.1) is 11.3 Å². The van der Waals surface area contributed by atoms with Gasteiger partial charge in [0.2, 0.25) is 0 Å². The van der Waals surface area contributed by atoms with Crippen LogP contribution in [0.15, 0.2) is 23.6 Å². The van der Waals surface area contributed by atoms with Crippen molar-refractivity contribution in [2.24, 2.45) is 0 Å². The van der Waals surface area contributed by atoms with Crippen LogP contribution in [0.4, 0.5) is 22.0 Å². The van der Waals surface area contributed by atoms with Gasteiger partial charge < -0.3 is 0 Å². The standard InChI is InChI=1S/C11H7F5S/c1-6-5-17-9-7(6)3-2-4-8(9)10(12,13)11(14,15)16/h2-5H,1H3. The van der Waals surface area contributed by atoms with Crippen LogP contribution in [0.2, 0.25) is 0 Å². The zero-order valence-corrected chi connectivity index (χ0v) is 9.42. The Morgan fingerprint density at radius 3 is 2.29 bits per heavy atom. The number of fused-ring (bicyclic) bond motifs is 1. The molecular formula is C11H7F5S. The Hall–Kier alpha value is -1.17. The number of benzene rings is 1. The predicted molar refractivity (Wildman–Crippen MR) is 56.5 cm³/mol. The summed E-state index contributed by atoms with van der Waals surface area (Å²) >= 11 is 0.904. The van der Waals surface area contributed by atoms with Crippen LogP contribution in [0.1, 0.15) is 11.1 Å². The summed E-state index contributed by atoms with van der Waals surface area (Å²) < 4.78 is 63.5. The molecule has 0 atom stereocenters. The average Bonchev–Trinajstić information content (AvgIpc) is 2.59. The van der Waals surface area contributed by atoms with Crippen molar-refractivity contribution in [2.75, 3.05) is 0 Å². The Labute approximate surface area is 97.7 Å². The van der Waals surface area contributed by atoms with Gasteiger partial charge in [-0.05, 0) is 23.3 Å². The van der Waals surface area contributed by atoms with Gasteiger partial charge in [-0.2, -0.15) is 22.0 Å². The second-order valence-electron chi connectivity index (χ2n) is 3.67. The minimum Gasteiger partial charge on any atom is -0.191 e. The second kappa shape index (κ2) is 3.66. The lowest BCUT2D eigenvalue weighted by Crippen LogP contribution is -2.33. The molecule has 1 aromatic heterocycles. The van der Waals surface area contributed by atoms with Crippen LogP contribution in [0.5, 0.6) is 0 Å². The minimum absolute atomic E-state index is 0.00711. The number of rotatable bonds is 1. The molecule has 2 rings (SSSR count). The minimum atomic E-state index is -5.57. The first-order valence-electron chi connectivity index (χ1n) is 4.67. The normalized spacial score (nSPS) is 13.3. The van der Waals surface area contributed by atoms with Gasteiger partial charge in [0.1, 0.15) is 0 Å². The molecule has 1 heterocycles. The zero-order valence-electron chi connectivity index (χ0n) is 8.61. The van der Waals surface area contributed by atoms with Crippen molar-refractivity contribution >= 4 is 21.4 Å². The molecular weight excluding hydrogens is 259 g/mol. The fourth-order valence-corrected chi connectivity index (χ4v) is 2.69.